The Morgan fingerprint density at radius 3 is 2.55 bits per heavy atom. The summed E-state index contributed by atoms with van der Waals surface area (Å²) in [6.07, 6.45) is -0.583. The van der Waals surface area contributed by atoms with E-state index in [9.17, 15) is 4.79 Å². The third-order valence-corrected chi connectivity index (χ3v) is 2.74. The third-order valence-electron chi connectivity index (χ3n) is 2.74. The highest BCUT2D eigenvalue weighted by atomic mass is 16.6. The second-order valence-corrected chi connectivity index (χ2v) is 4.27. The van der Waals surface area contributed by atoms with E-state index < -0.39 is 6.09 Å². The molecule has 0 saturated heterocycles. The normalized spacial score (nSPS) is 9.85. The number of nitrogens with one attached hydrogen (secondary N) is 2. The monoisotopic (exact) mass is 269 g/mol. The number of ether oxygens (including phenoxy) is 1. The Hall–Kier alpha value is -2.82. The zero-order valence-corrected chi connectivity index (χ0v) is 11.0. The van der Waals surface area contributed by atoms with E-state index >= 15 is 0 Å². The number of hydrogen-bond donors (Lipinski definition) is 3. The van der Waals surface area contributed by atoms with Crippen LogP contribution in [0.1, 0.15) is 11.1 Å². The molecular formula is C15H15N3O2. The van der Waals surface area contributed by atoms with Crippen molar-refractivity contribution in [3.8, 4) is 5.75 Å². The van der Waals surface area contributed by atoms with Gasteiger partial charge in [-0.3, -0.25) is 10.7 Å². The van der Waals surface area contributed by atoms with Crippen molar-refractivity contribution in [3.63, 3.8) is 0 Å². The summed E-state index contributed by atoms with van der Waals surface area (Å²) in [5.74, 6) is 0.412. The molecule has 0 saturated carbocycles. The van der Waals surface area contributed by atoms with E-state index in [1.54, 1.807) is 42.5 Å². The molecule has 1 amide bonds. The number of aryl methyl sites for hydroxylation is 1. The molecule has 2 rings (SSSR count). The van der Waals surface area contributed by atoms with Crippen LogP contribution >= 0.6 is 0 Å². The second kappa shape index (κ2) is 5.88. The molecule has 2 aromatic carbocycles. The van der Waals surface area contributed by atoms with Crippen LogP contribution in [0, 0.1) is 12.3 Å². The summed E-state index contributed by atoms with van der Waals surface area (Å²) in [6, 6.07) is 13.9. The Balaban J connectivity index is 2.11. The van der Waals surface area contributed by atoms with Crippen LogP contribution < -0.4 is 15.8 Å². The predicted octanol–water partition coefficient (Wildman–Crippen LogP) is 2.89. The smallest absolute Gasteiger partial charge is 0.410 e. The Bertz CT molecular complexity index is 639. The number of nitrogen functional groups attached to an aromatic ring is 1. The van der Waals surface area contributed by atoms with Gasteiger partial charge in [-0.1, -0.05) is 30.3 Å². The number of carbonyl (C=O) groups is 1. The molecule has 0 heterocycles. The van der Waals surface area contributed by atoms with E-state index in [0.717, 1.165) is 5.56 Å². The lowest BCUT2D eigenvalue weighted by atomic mass is 10.1. The number of nitrogens with two attached hydrogens (primary N) is 1. The van der Waals surface area contributed by atoms with Gasteiger partial charge in [0.2, 0.25) is 0 Å². The number of amides is 1. The first-order valence-corrected chi connectivity index (χ1v) is 6.05. The number of anilines is 1. The van der Waals surface area contributed by atoms with Crippen molar-refractivity contribution in [3.05, 3.63) is 59.7 Å². The summed E-state index contributed by atoms with van der Waals surface area (Å²) in [7, 11) is 0. The summed E-state index contributed by atoms with van der Waals surface area (Å²) in [4.78, 5) is 11.8. The van der Waals surface area contributed by atoms with E-state index in [2.05, 4.69) is 5.32 Å². The Morgan fingerprint density at radius 2 is 1.90 bits per heavy atom. The average Bonchev–Trinajstić information content (AvgIpc) is 2.42. The second-order valence-electron chi connectivity index (χ2n) is 4.27. The lowest BCUT2D eigenvalue weighted by Crippen LogP contribution is -2.18. The molecular weight excluding hydrogens is 254 g/mol. The van der Waals surface area contributed by atoms with Crippen LogP contribution in [0.5, 0.6) is 5.75 Å². The maximum atomic E-state index is 11.8. The summed E-state index contributed by atoms with van der Waals surface area (Å²) in [6.45, 7) is 1.85. The molecule has 0 radical (unpaired) electrons. The van der Waals surface area contributed by atoms with Crippen molar-refractivity contribution in [1.82, 2.24) is 0 Å². The van der Waals surface area contributed by atoms with Gasteiger partial charge in [0, 0.05) is 11.3 Å². The van der Waals surface area contributed by atoms with Crippen molar-refractivity contribution in [2.75, 3.05) is 5.32 Å². The predicted molar refractivity (Wildman–Crippen MR) is 78.3 cm³/mol. The van der Waals surface area contributed by atoms with Crippen molar-refractivity contribution in [2.45, 2.75) is 6.92 Å². The van der Waals surface area contributed by atoms with Gasteiger partial charge in [-0.05, 0) is 30.7 Å². The lowest BCUT2D eigenvalue weighted by molar-refractivity contribution is 0.215. The highest BCUT2D eigenvalue weighted by Gasteiger charge is 2.08. The first-order valence-electron chi connectivity index (χ1n) is 6.05. The molecule has 0 spiro atoms. The lowest BCUT2D eigenvalue weighted by Gasteiger charge is -2.10. The summed E-state index contributed by atoms with van der Waals surface area (Å²) < 4.78 is 5.14. The van der Waals surface area contributed by atoms with Crippen LogP contribution in [0.25, 0.3) is 0 Å². The maximum Gasteiger partial charge on any atom is 0.417 e. The molecule has 0 aromatic heterocycles. The fourth-order valence-electron chi connectivity index (χ4n) is 1.66. The fraction of sp³-hybridized carbons (Fsp3) is 0.0667. The number of hydrogen-bond acceptors (Lipinski definition) is 3. The molecule has 0 bridgehead atoms. The number of rotatable bonds is 3. The van der Waals surface area contributed by atoms with Crippen molar-refractivity contribution >= 4 is 17.6 Å². The molecule has 0 aliphatic rings. The number of carbonyl (C=O) groups excluding carboxylic acids is 1. The average molecular weight is 269 g/mol. The Kier molecular flexibility index (Phi) is 4.00. The zero-order valence-electron chi connectivity index (χ0n) is 11.0. The van der Waals surface area contributed by atoms with Gasteiger partial charge >= 0.3 is 6.09 Å². The van der Waals surface area contributed by atoms with E-state index in [4.69, 9.17) is 15.9 Å². The van der Waals surface area contributed by atoms with Gasteiger partial charge in [0.25, 0.3) is 0 Å². The third kappa shape index (κ3) is 3.35. The van der Waals surface area contributed by atoms with Gasteiger partial charge in [-0.15, -0.1) is 0 Å². The van der Waals surface area contributed by atoms with Gasteiger partial charge in [-0.2, -0.15) is 0 Å². The van der Waals surface area contributed by atoms with Crippen LogP contribution in [0.3, 0.4) is 0 Å². The van der Waals surface area contributed by atoms with E-state index in [1.807, 2.05) is 13.0 Å². The Morgan fingerprint density at radius 1 is 1.20 bits per heavy atom. The molecule has 2 aromatic rings. The molecule has 0 unspecified atom stereocenters. The molecule has 0 fully saturated rings. The van der Waals surface area contributed by atoms with Crippen LogP contribution in [0.2, 0.25) is 0 Å². The van der Waals surface area contributed by atoms with Crippen molar-refractivity contribution in [2.24, 2.45) is 5.73 Å². The molecule has 4 N–H and O–H groups in total. The van der Waals surface area contributed by atoms with Gasteiger partial charge in [0.15, 0.2) is 0 Å². The SMILES string of the molecule is Cc1ccc(C(=N)N)cc1NC(=O)Oc1ccccc1. The number of benzene rings is 2. The molecule has 102 valence electrons. The van der Waals surface area contributed by atoms with Gasteiger partial charge in [0.05, 0.1) is 0 Å². The largest absolute Gasteiger partial charge is 0.417 e. The van der Waals surface area contributed by atoms with Gasteiger partial charge in [0.1, 0.15) is 11.6 Å². The fourth-order valence-corrected chi connectivity index (χ4v) is 1.66. The van der Waals surface area contributed by atoms with Crippen molar-refractivity contribution in [1.29, 1.82) is 5.41 Å². The molecule has 5 heteroatoms. The highest BCUT2D eigenvalue weighted by molar-refractivity contribution is 5.97. The molecule has 0 aliphatic carbocycles. The summed E-state index contributed by atoms with van der Waals surface area (Å²) in [5.41, 5.74) is 7.40. The van der Waals surface area contributed by atoms with E-state index in [0.29, 0.717) is 17.0 Å². The molecule has 0 atom stereocenters. The van der Waals surface area contributed by atoms with Crippen LogP contribution in [0.15, 0.2) is 48.5 Å². The summed E-state index contributed by atoms with van der Waals surface area (Å²) in [5, 5.41) is 10.0. The maximum absolute atomic E-state index is 11.8. The highest BCUT2D eigenvalue weighted by Crippen LogP contribution is 2.17. The minimum Gasteiger partial charge on any atom is -0.410 e. The van der Waals surface area contributed by atoms with Crippen molar-refractivity contribution < 1.29 is 9.53 Å². The molecule has 0 aliphatic heterocycles. The van der Waals surface area contributed by atoms with Crippen LogP contribution in [0.4, 0.5) is 10.5 Å². The zero-order chi connectivity index (χ0) is 14.5. The van der Waals surface area contributed by atoms with Crippen LogP contribution in [-0.4, -0.2) is 11.9 Å². The van der Waals surface area contributed by atoms with E-state index in [-0.39, 0.29) is 5.84 Å². The molecule has 5 nitrogen and oxygen atoms in total. The minimum atomic E-state index is -0.583. The first kappa shape index (κ1) is 13.6. The van der Waals surface area contributed by atoms with Gasteiger partial charge < -0.3 is 10.5 Å². The van der Waals surface area contributed by atoms with Crippen LogP contribution in [-0.2, 0) is 0 Å². The molecule has 20 heavy (non-hydrogen) atoms. The topological polar surface area (TPSA) is 88.2 Å². The standard InChI is InChI=1S/C15H15N3O2/c1-10-7-8-11(14(16)17)9-13(10)18-15(19)20-12-5-3-2-4-6-12/h2-9H,1H3,(H3,16,17)(H,18,19). The number of amidine groups is 1. The quantitative estimate of drug-likeness (QED) is 0.591. The summed E-state index contributed by atoms with van der Waals surface area (Å²) >= 11 is 0. The van der Waals surface area contributed by atoms with Gasteiger partial charge in [-0.25, -0.2) is 4.79 Å². The first-order chi connectivity index (χ1) is 9.56. The van der Waals surface area contributed by atoms with E-state index in [1.165, 1.54) is 0 Å². The Labute approximate surface area is 116 Å². The number of para-hydroxylation sites is 1. The minimum absolute atomic E-state index is 0.0514.